The highest BCUT2D eigenvalue weighted by Gasteiger charge is 2.47. The summed E-state index contributed by atoms with van der Waals surface area (Å²) in [5, 5.41) is 13.5. The van der Waals surface area contributed by atoms with Gasteiger partial charge in [-0.25, -0.2) is 4.79 Å². The minimum atomic E-state index is -0.795. The number of carbonyl (C=O) groups excluding carboxylic acids is 1. The Morgan fingerprint density at radius 2 is 2.08 bits per heavy atom. The summed E-state index contributed by atoms with van der Waals surface area (Å²) in [6.07, 6.45) is 1.59. The molecule has 0 aromatic rings. The first-order valence-electron chi connectivity index (χ1n) is 8.64. The van der Waals surface area contributed by atoms with Gasteiger partial charge < -0.3 is 24.8 Å². The number of hydrogen-bond acceptors (Lipinski definition) is 4. The zero-order valence-electron chi connectivity index (χ0n) is 15.3. The summed E-state index contributed by atoms with van der Waals surface area (Å²) in [5.74, 6) is 0.554. The fraction of sp³-hybridized carbons (Fsp3) is 0.722. The van der Waals surface area contributed by atoms with E-state index in [1.807, 2.05) is 13.8 Å². The lowest BCUT2D eigenvalue weighted by atomic mass is 9.96. The van der Waals surface area contributed by atoms with Gasteiger partial charge in [0, 0.05) is 24.5 Å². The molecule has 136 valence electrons. The van der Waals surface area contributed by atoms with E-state index in [0.717, 1.165) is 12.8 Å². The van der Waals surface area contributed by atoms with Gasteiger partial charge in [0.05, 0.1) is 12.2 Å². The van der Waals surface area contributed by atoms with Crippen LogP contribution in [0, 0.1) is 5.92 Å². The minimum Gasteiger partial charge on any atom is -0.387 e. The van der Waals surface area contributed by atoms with Gasteiger partial charge in [0.15, 0.2) is 0 Å². The number of rotatable bonds is 6. The van der Waals surface area contributed by atoms with Crippen LogP contribution in [-0.4, -0.2) is 53.6 Å². The SMILES string of the molecule is C=C1NC(=O)N(C)C=C1[C@@H]1O[C@H](CCC(C)C)C(OC(C)C)[C@@H]1O. The number of hydrogen-bond donors (Lipinski definition) is 2. The van der Waals surface area contributed by atoms with Gasteiger partial charge in [-0.3, -0.25) is 0 Å². The van der Waals surface area contributed by atoms with Gasteiger partial charge >= 0.3 is 6.03 Å². The van der Waals surface area contributed by atoms with Crippen molar-refractivity contribution < 1.29 is 19.4 Å². The van der Waals surface area contributed by atoms with E-state index < -0.39 is 12.2 Å². The average molecular weight is 338 g/mol. The van der Waals surface area contributed by atoms with Crippen molar-refractivity contribution in [3.63, 3.8) is 0 Å². The van der Waals surface area contributed by atoms with Crippen LogP contribution in [0.2, 0.25) is 0 Å². The minimum absolute atomic E-state index is 0.000497. The summed E-state index contributed by atoms with van der Waals surface area (Å²) in [7, 11) is 1.65. The molecule has 0 spiro atoms. The van der Waals surface area contributed by atoms with Gasteiger partial charge in [0.1, 0.15) is 18.3 Å². The van der Waals surface area contributed by atoms with Gasteiger partial charge in [0.25, 0.3) is 0 Å². The van der Waals surface area contributed by atoms with Gasteiger partial charge in [-0.15, -0.1) is 0 Å². The first-order chi connectivity index (χ1) is 11.2. The highest BCUT2D eigenvalue weighted by Crippen LogP contribution is 2.35. The maximum Gasteiger partial charge on any atom is 0.325 e. The monoisotopic (exact) mass is 338 g/mol. The number of aliphatic hydroxyl groups excluding tert-OH is 1. The maximum absolute atomic E-state index is 11.7. The second-order valence-corrected chi connectivity index (χ2v) is 7.31. The fourth-order valence-corrected chi connectivity index (χ4v) is 3.09. The van der Waals surface area contributed by atoms with Crippen LogP contribution in [0.25, 0.3) is 0 Å². The third kappa shape index (κ3) is 4.18. The number of nitrogens with zero attached hydrogens (tertiary/aromatic N) is 1. The summed E-state index contributed by atoms with van der Waals surface area (Å²) in [5.41, 5.74) is 1.16. The number of aliphatic hydroxyl groups is 1. The average Bonchev–Trinajstić information content (AvgIpc) is 2.77. The molecule has 6 nitrogen and oxygen atoms in total. The predicted octanol–water partition coefficient (Wildman–Crippen LogP) is 2.40. The number of carbonyl (C=O) groups is 1. The van der Waals surface area contributed by atoms with E-state index in [4.69, 9.17) is 9.47 Å². The normalized spacial score (nSPS) is 31.0. The Morgan fingerprint density at radius 1 is 1.42 bits per heavy atom. The zero-order chi connectivity index (χ0) is 18.0. The van der Waals surface area contributed by atoms with Crippen molar-refractivity contribution in [1.29, 1.82) is 0 Å². The molecule has 0 aliphatic carbocycles. The third-order valence-electron chi connectivity index (χ3n) is 4.36. The molecule has 1 unspecified atom stereocenters. The fourth-order valence-electron chi connectivity index (χ4n) is 3.09. The largest absolute Gasteiger partial charge is 0.387 e. The molecular formula is C18H30N2O4. The van der Waals surface area contributed by atoms with Gasteiger partial charge in [-0.1, -0.05) is 20.4 Å². The molecule has 0 bridgehead atoms. The van der Waals surface area contributed by atoms with Crippen LogP contribution in [0.3, 0.4) is 0 Å². The predicted molar refractivity (Wildman–Crippen MR) is 92.3 cm³/mol. The Labute approximate surface area is 144 Å². The summed E-state index contributed by atoms with van der Waals surface area (Å²) in [6, 6.07) is -0.248. The van der Waals surface area contributed by atoms with Crippen LogP contribution >= 0.6 is 0 Å². The van der Waals surface area contributed by atoms with E-state index in [2.05, 4.69) is 25.7 Å². The number of amides is 2. The Kier molecular flexibility index (Phi) is 6.06. The quantitative estimate of drug-likeness (QED) is 0.780. The molecule has 1 saturated heterocycles. The van der Waals surface area contributed by atoms with Crippen LogP contribution in [0.4, 0.5) is 4.79 Å². The Balaban J connectivity index is 2.20. The van der Waals surface area contributed by atoms with Crippen molar-refractivity contribution in [1.82, 2.24) is 10.2 Å². The van der Waals surface area contributed by atoms with Crippen LogP contribution in [-0.2, 0) is 9.47 Å². The molecule has 2 aliphatic rings. The van der Waals surface area contributed by atoms with E-state index >= 15 is 0 Å². The second-order valence-electron chi connectivity index (χ2n) is 7.31. The number of nitrogens with one attached hydrogen (secondary N) is 1. The molecule has 0 saturated carbocycles. The Bertz CT molecular complexity index is 515. The van der Waals surface area contributed by atoms with Gasteiger partial charge in [-0.05, 0) is 32.6 Å². The number of urea groups is 1. The lowest BCUT2D eigenvalue weighted by Gasteiger charge is -2.28. The van der Waals surface area contributed by atoms with Crippen molar-refractivity contribution in [3.8, 4) is 0 Å². The standard InChI is InChI=1S/C18H30N2O4/c1-10(2)7-8-14-17(23-11(3)4)15(21)16(24-14)13-9-20(6)18(22)19-12(13)5/h9-11,14-17,21H,5,7-8H2,1-4,6H3,(H,19,22)/t14-,15-,16+,17?/m1/s1. The lowest BCUT2D eigenvalue weighted by Crippen LogP contribution is -2.43. The van der Waals surface area contributed by atoms with Crippen LogP contribution in [0.15, 0.2) is 24.0 Å². The van der Waals surface area contributed by atoms with Crippen LogP contribution in [0.1, 0.15) is 40.5 Å². The molecule has 0 aromatic heterocycles. The molecule has 2 aliphatic heterocycles. The van der Waals surface area contributed by atoms with Gasteiger partial charge in [0.2, 0.25) is 0 Å². The van der Waals surface area contributed by atoms with E-state index in [-0.39, 0.29) is 24.3 Å². The molecule has 0 radical (unpaired) electrons. The zero-order valence-corrected chi connectivity index (χ0v) is 15.3. The summed E-state index contributed by atoms with van der Waals surface area (Å²) in [6.45, 7) is 12.1. The first-order valence-corrected chi connectivity index (χ1v) is 8.64. The van der Waals surface area contributed by atoms with Crippen molar-refractivity contribution in [2.45, 2.75) is 71.1 Å². The molecule has 1 fully saturated rings. The van der Waals surface area contributed by atoms with E-state index in [1.165, 1.54) is 4.90 Å². The van der Waals surface area contributed by atoms with E-state index in [0.29, 0.717) is 17.2 Å². The molecule has 24 heavy (non-hydrogen) atoms. The summed E-state index contributed by atoms with van der Waals surface area (Å²) < 4.78 is 12.1. The summed E-state index contributed by atoms with van der Waals surface area (Å²) in [4.78, 5) is 13.1. The Hall–Kier alpha value is -1.37. The maximum atomic E-state index is 11.7. The van der Waals surface area contributed by atoms with Crippen molar-refractivity contribution in [2.75, 3.05) is 7.05 Å². The smallest absolute Gasteiger partial charge is 0.325 e. The second kappa shape index (κ2) is 7.68. The molecule has 0 aromatic carbocycles. The molecule has 2 N–H and O–H groups in total. The highest BCUT2D eigenvalue weighted by molar-refractivity contribution is 5.80. The van der Waals surface area contributed by atoms with Crippen molar-refractivity contribution in [3.05, 3.63) is 24.0 Å². The Morgan fingerprint density at radius 3 is 2.67 bits per heavy atom. The molecule has 2 amide bonds. The molecule has 6 heteroatoms. The van der Waals surface area contributed by atoms with E-state index in [9.17, 15) is 9.90 Å². The molecule has 4 atom stereocenters. The lowest BCUT2D eigenvalue weighted by molar-refractivity contribution is -0.0683. The van der Waals surface area contributed by atoms with Crippen LogP contribution < -0.4 is 5.32 Å². The number of ether oxygens (including phenoxy) is 2. The van der Waals surface area contributed by atoms with Crippen molar-refractivity contribution in [2.24, 2.45) is 5.92 Å². The molecular weight excluding hydrogens is 308 g/mol. The van der Waals surface area contributed by atoms with E-state index in [1.54, 1.807) is 13.2 Å². The van der Waals surface area contributed by atoms with Crippen molar-refractivity contribution >= 4 is 6.03 Å². The first kappa shape index (κ1) is 19.0. The van der Waals surface area contributed by atoms with Crippen LogP contribution in [0.5, 0.6) is 0 Å². The third-order valence-corrected chi connectivity index (χ3v) is 4.36. The molecule has 2 heterocycles. The topological polar surface area (TPSA) is 71.0 Å². The molecule has 2 rings (SSSR count). The van der Waals surface area contributed by atoms with Gasteiger partial charge in [-0.2, -0.15) is 0 Å². The summed E-state index contributed by atoms with van der Waals surface area (Å²) >= 11 is 0. The highest BCUT2D eigenvalue weighted by atomic mass is 16.6.